The van der Waals surface area contributed by atoms with Gasteiger partial charge in [0.05, 0.1) is 19.3 Å². The van der Waals surface area contributed by atoms with Gasteiger partial charge in [0.15, 0.2) is 11.5 Å². The second kappa shape index (κ2) is 10.6. The average molecular weight is 423 g/mol. The molecule has 0 aromatic heterocycles. The lowest BCUT2D eigenvalue weighted by atomic mass is 10.2. The number of carbonyl (C=O) groups is 1. The van der Waals surface area contributed by atoms with Gasteiger partial charge >= 0.3 is 0 Å². The smallest absolute Gasteiger partial charge is 0.238 e. The number of halogens is 1. The van der Waals surface area contributed by atoms with Crippen molar-refractivity contribution in [3.8, 4) is 11.5 Å². The Balaban J connectivity index is 1.56. The van der Waals surface area contributed by atoms with Gasteiger partial charge in [-0.2, -0.15) is 0 Å². The lowest BCUT2D eigenvalue weighted by molar-refractivity contribution is -0.117. The zero-order chi connectivity index (χ0) is 22.2. The molecule has 0 radical (unpaired) electrons. The molecule has 162 valence electrons. The Morgan fingerprint density at radius 2 is 1.77 bits per heavy atom. The maximum absolute atomic E-state index is 13.9. The molecule has 6 heteroatoms. The standard InChI is InChI=1S/C25H27FN2O3/c1-18-9-11-22(21(26)13-18)27-25(29)16-28(2)15-20-10-12-23(24(14-20)30-3)31-17-19-7-5-4-6-8-19/h4-14H,15-17H2,1-3H3,(H,27,29). The summed E-state index contributed by atoms with van der Waals surface area (Å²) in [5, 5.41) is 2.62. The molecule has 0 fully saturated rings. The van der Waals surface area contributed by atoms with E-state index in [-0.39, 0.29) is 18.1 Å². The minimum absolute atomic E-state index is 0.127. The molecule has 0 heterocycles. The fourth-order valence-electron chi connectivity index (χ4n) is 3.19. The van der Waals surface area contributed by atoms with Crippen molar-refractivity contribution in [2.24, 2.45) is 0 Å². The highest BCUT2D eigenvalue weighted by Gasteiger charge is 2.12. The first kappa shape index (κ1) is 22.3. The summed E-state index contributed by atoms with van der Waals surface area (Å²) in [6.07, 6.45) is 0. The number of aryl methyl sites for hydroxylation is 1. The molecule has 0 spiro atoms. The quantitative estimate of drug-likeness (QED) is 0.539. The SMILES string of the molecule is COc1cc(CN(C)CC(=O)Nc2ccc(C)cc2F)ccc1OCc1ccccc1. The number of anilines is 1. The Morgan fingerprint density at radius 1 is 1.00 bits per heavy atom. The Kier molecular flexibility index (Phi) is 7.62. The van der Waals surface area contributed by atoms with E-state index in [0.717, 1.165) is 16.7 Å². The molecule has 31 heavy (non-hydrogen) atoms. The largest absolute Gasteiger partial charge is 0.493 e. The van der Waals surface area contributed by atoms with Crippen molar-refractivity contribution >= 4 is 11.6 Å². The molecule has 3 rings (SSSR count). The minimum atomic E-state index is -0.438. The zero-order valence-electron chi connectivity index (χ0n) is 18.0. The Morgan fingerprint density at radius 3 is 2.48 bits per heavy atom. The first-order valence-corrected chi connectivity index (χ1v) is 10.0. The summed E-state index contributed by atoms with van der Waals surface area (Å²) in [6, 6.07) is 20.3. The van der Waals surface area contributed by atoms with E-state index in [2.05, 4.69) is 5.32 Å². The van der Waals surface area contributed by atoms with E-state index >= 15 is 0 Å². The fraction of sp³-hybridized carbons (Fsp3) is 0.240. The molecule has 0 aliphatic carbocycles. The van der Waals surface area contributed by atoms with Gasteiger partial charge in [0, 0.05) is 6.54 Å². The van der Waals surface area contributed by atoms with Crippen molar-refractivity contribution in [2.45, 2.75) is 20.1 Å². The van der Waals surface area contributed by atoms with Gasteiger partial charge in [-0.1, -0.05) is 42.5 Å². The molecule has 0 bridgehead atoms. The van der Waals surface area contributed by atoms with Crippen LogP contribution in [0.25, 0.3) is 0 Å². The minimum Gasteiger partial charge on any atom is -0.493 e. The van der Waals surface area contributed by atoms with Gasteiger partial charge < -0.3 is 14.8 Å². The predicted molar refractivity (Wildman–Crippen MR) is 120 cm³/mol. The van der Waals surface area contributed by atoms with Crippen LogP contribution in [0.5, 0.6) is 11.5 Å². The van der Waals surface area contributed by atoms with E-state index in [4.69, 9.17) is 9.47 Å². The van der Waals surface area contributed by atoms with Crippen LogP contribution in [0.3, 0.4) is 0 Å². The van der Waals surface area contributed by atoms with Gasteiger partial charge in [0.25, 0.3) is 0 Å². The number of nitrogens with zero attached hydrogens (tertiary/aromatic N) is 1. The average Bonchev–Trinajstić information content (AvgIpc) is 2.75. The molecule has 0 aliphatic heterocycles. The van der Waals surface area contributed by atoms with Gasteiger partial charge in [0.1, 0.15) is 12.4 Å². The van der Waals surface area contributed by atoms with Crippen molar-refractivity contribution in [1.29, 1.82) is 0 Å². The molecule has 0 atom stereocenters. The number of ether oxygens (including phenoxy) is 2. The number of benzene rings is 3. The van der Waals surface area contributed by atoms with Crippen molar-refractivity contribution in [3.63, 3.8) is 0 Å². The third-order valence-electron chi connectivity index (χ3n) is 4.73. The molecule has 0 aliphatic rings. The predicted octanol–water partition coefficient (Wildman–Crippen LogP) is 4.79. The lowest BCUT2D eigenvalue weighted by Crippen LogP contribution is -2.30. The van der Waals surface area contributed by atoms with E-state index in [0.29, 0.717) is 24.7 Å². The number of nitrogens with one attached hydrogen (secondary N) is 1. The van der Waals surface area contributed by atoms with E-state index in [1.54, 1.807) is 26.2 Å². The molecule has 0 saturated carbocycles. The first-order chi connectivity index (χ1) is 14.9. The van der Waals surface area contributed by atoms with Crippen molar-refractivity contribution < 1.29 is 18.7 Å². The second-order valence-electron chi connectivity index (χ2n) is 7.46. The van der Waals surface area contributed by atoms with E-state index < -0.39 is 5.82 Å². The summed E-state index contributed by atoms with van der Waals surface area (Å²) >= 11 is 0. The molecule has 0 saturated heterocycles. The van der Waals surface area contributed by atoms with Crippen molar-refractivity contribution in [3.05, 3.63) is 89.2 Å². The van der Waals surface area contributed by atoms with Gasteiger partial charge in [-0.15, -0.1) is 0 Å². The normalized spacial score (nSPS) is 10.7. The third kappa shape index (κ3) is 6.55. The topological polar surface area (TPSA) is 50.8 Å². The summed E-state index contributed by atoms with van der Waals surface area (Å²) in [4.78, 5) is 14.1. The number of amides is 1. The molecular weight excluding hydrogens is 395 g/mol. The molecule has 3 aromatic carbocycles. The second-order valence-corrected chi connectivity index (χ2v) is 7.46. The van der Waals surface area contributed by atoms with Crippen LogP contribution in [0.1, 0.15) is 16.7 Å². The van der Waals surface area contributed by atoms with E-state index in [1.165, 1.54) is 6.07 Å². The highest BCUT2D eigenvalue weighted by atomic mass is 19.1. The molecule has 0 unspecified atom stereocenters. The number of methoxy groups -OCH3 is 1. The Labute approximate surface area is 182 Å². The Bertz CT molecular complexity index is 1020. The van der Waals surface area contributed by atoms with Crippen molar-refractivity contribution in [1.82, 2.24) is 4.90 Å². The summed E-state index contributed by atoms with van der Waals surface area (Å²) in [6.45, 7) is 2.90. The monoisotopic (exact) mass is 422 g/mol. The van der Waals surface area contributed by atoms with Gasteiger partial charge in [-0.25, -0.2) is 4.39 Å². The zero-order valence-corrected chi connectivity index (χ0v) is 18.0. The molecule has 1 amide bonds. The summed E-state index contributed by atoms with van der Waals surface area (Å²) in [7, 11) is 3.43. The Hall–Kier alpha value is -3.38. The van der Waals surface area contributed by atoms with Gasteiger partial charge in [-0.3, -0.25) is 9.69 Å². The summed E-state index contributed by atoms with van der Waals surface area (Å²) < 4.78 is 25.3. The van der Waals surface area contributed by atoms with Crippen LogP contribution in [0.4, 0.5) is 10.1 Å². The van der Waals surface area contributed by atoms with Crippen LogP contribution in [-0.2, 0) is 17.9 Å². The maximum Gasteiger partial charge on any atom is 0.238 e. The number of carbonyl (C=O) groups excluding carboxylic acids is 1. The first-order valence-electron chi connectivity index (χ1n) is 10.0. The van der Waals surface area contributed by atoms with Gasteiger partial charge in [-0.05, 0) is 54.9 Å². The maximum atomic E-state index is 13.9. The van der Waals surface area contributed by atoms with E-state index in [9.17, 15) is 9.18 Å². The lowest BCUT2D eigenvalue weighted by Gasteiger charge is -2.18. The highest BCUT2D eigenvalue weighted by Crippen LogP contribution is 2.29. The molecule has 5 nitrogen and oxygen atoms in total. The van der Waals surface area contributed by atoms with Crippen LogP contribution < -0.4 is 14.8 Å². The molecule has 3 aromatic rings. The number of hydrogen-bond donors (Lipinski definition) is 1. The van der Waals surface area contributed by atoms with Crippen LogP contribution >= 0.6 is 0 Å². The van der Waals surface area contributed by atoms with Crippen LogP contribution in [0.2, 0.25) is 0 Å². The van der Waals surface area contributed by atoms with Crippen LogP contribution in [0.15, 0.2) is 66.7 Å². The van der Waals surface area contributed by atoms with Crippen molar-refractivity contribution in [2.75, 3.05) is 26.0 Å². The summed E-state index contributed by atoms with van der Waals surface area (Å²) in [5.74, 6) is 0.574. The van der Waals surface area contributed by atoms with Gasteiger partial charge in [0.2, 0.25) is 5.91 Å². The molecule has 1 N–H and O–H groups in total. The van der Waals surface area contributed by atoms with E-state index in [1.807, 2.05) is 60.5 Å². The third-order valence-corrected chi connectivity index (χ3v) is 4.73. The van der Waals surface area contributed by atoms with Crippen LogP contribution in [-0.4, -0.2) is 31.5 Å². The highest BCUT2D eigenvalue weighted by molar-refractivity contribution is 5.92. The van der Waals surface area contributed by atoms with Crippen LogP contribution in [0, 0.1) is 12.7 Å². The number of likely N-dealkylation sites (N-methyl/N-ethyl adjacent to an activating group) is 1. The number of rotatable bonds is 9. The fourth-order valence-corrected chi connectivity index (χ4v) is 3.19. The molecular formula is C25H27FN2O3. The summed E-state index contributed by atoms with van der Waals surface area (Å²) in [5.41, 5.74) is 3.04. The number of hydrogen-bond acceptors (Lipinski definition) is 4.